The summed E-state index contributed by atoms with van der Waals surface area (Å²) < 4.78 is 10.8. The second-order valence-corrected chi connectivity index (χ2v) is 6.04. The molecule has 0 aliphatic carbocycles. The molecule has 1 aromatic carbocycles. The van der Waals surface area contributed by atoms with Gasteiger partial charge in [0.1, 0.15) is 5.82 Å². The molecule has 6 nitrogen and oxygen atoms in total. The van der Waals surface area contributed by atoms with Crippen LogP contribution in [0, 0.1) is 0 Å². The number of ether oxygens (including phenoxy) is 2. The highest BCUT2D eigenvalue weighted by Gasteiger charge is 2.19. The average molecular weight is 348 g/mol. The fourth-order valence-corrected chi connectivity index (χ4v) is 3.04. The van der Waals surface area contributed by atoms with Crippen LogP contribution >= 0.6 is 0 Å². The standard InChI is InChI=1S/C20H20N4O2/c1-25-16-11-15(12-22-19(16)21)18-17(13-7-9-26-10-8-13)23-20(24-18)14-5-3-2-4-6-14/h2-7,11-12H,8-10H2,1H3,(H2,21,22)(H,23,24). The molecule has 0 bridgehead atoms. The quantitative estimate of drug-likeness (QED) is 0.753. The van der Waals surface area contributed by atoms with Crippen molar-refractivity contribution in [2.45, 2.75) is 6.42 Å². The van der Waals surface area contributed by atoms with Crippen LogP contribution < -0.4 is 10.5 Å². The Hall–Kier alpha value is -3.12. The van der Waals surface area contributed by atoms with Gasteiger partial charge in [-0.1, -0.05) is 36.4 Å². The molecular formula is C20H20N4O2. The van der Waals surface area contributed by atoms with Crippen molar-refractivity contribution in [3.63, 3.8) is 0 Å². The molecule has 1 aliphatic heterocycles. The molecule has 6 heteroatoms. The van der Waals surface area contributed by atoms with Crippen LogP contribution in [0.2, 0.25) is 0 Å². The molecule has 132 valence electrons. The van der Waals surface area contributed by atoms with Crippen LogP contribution in [-0.4, -0.2) is 35.3 Å². The van der Waals surface area contributed by atoms with E-state index in [9.17, 15) is 0 Å². The Balaban J connectivity index is 1.86. The van der Waals surface area contributed by atoms with Gasteiger partial charge in [0.05, 0.1) is 31.7 Å². The number of nitrogens with one attached hydrogen (secondary N) is 1. The molecule has 4 rings (SSSR count). The summed E-state index contributed by atoms with van der Waals surface area (Å²) >= 11 is 0. The Morgan fingerprint density at radius 3 is 2.77 bits per heavy atom. The van der Waals surface area contributed by atoms with Crippen LogP contribution in [0.4, 0.5) is 5.82 Å². The third kappa shape index (κ3) is 3.07. The molecule has 2 aromatic heterocycles. The van der Waals surface area contributed by atoms with Gasteiger partial charge in [0.2, 0.25) is 0 Å². The van der Waals surface area contributed by atoms with Crippen LogP contribution in [-0.2, 0) is 4.74 Å². The number of imidazole rings is 1. The molecule has 0 fully saturated rings. The first-order chi connectivity index (χ1) is 12.8. The number of methoxy groups -OCH3 is 1. The summed E-state index contributed by atoms with van der Waals surface area (Å²) in [7, 11) is 1.58. The highest BCUT2D eigenvalue weighted by molar-refractivity contribution is 5.80. The number of aromatic nitrogens is 3. The Morgan fingerprint density at radius 2 is 2.04 bits per heavy atom. The SMILES string of the molecule is COc1cc(-c2[nH]c(-c3ccccc3)nc2C2=CCOCC2)cnc1N. The van der Waals surface area contributed by atoms with Gasteiger partial charge in [-0.25, -0.2) is 9.97 Å². The number of nitrogens with zero attached hydrogens (tertiary/aromatic N) is 2. The van der Waals surface area contributed by atoms with Crippen molar-refractivity contribution < 1.29 is 9.47 Å². The topological polar surface area (TPSA) is 86.0 Å². The van der Waals surface area contributed by atoms with Crippen LogP contribution in [0.3, 0.4) is 0 Å². The minimum atomic E-state index is 0.367. The summed E-state index contributed by atoms with van der Waals surface area (Å²) in [6.45, 7) is 1.30. The minimum Gasteiger partial charge on any atom is -0.493 e. The molecule has 3 heterocycles. The molecule has 0 unspecified atom stereocenters. The van der Waals surface area contributed by atoms with Gasteiger partial charge >= 0.3 is 0 Å². The van der Waals surface area contributed by atoms with E-state index in [4.69, 9.17) is 20.2 Å². The molecule has 0 amide bonds. The number of pyridine rings is 1. The molecule has 0 atom stereocenters. The molecular weight excluding hydrogens is 328 g/mol. The van der Waals surface area contributed by atoms with E-state index in [1.165, 1.54) is 5.57 Å². The summed E-state index contributed by atoms with van der Waals surface area (Å²) in [5.41, 5.74) is 10.8. The van der Waals surface area contributed by atoms with E-state index in [-0.39, 0.29) is 0 Å². The van der Waals surface area contributed by atoms with Gasteiger partial charge in [0.25, 0.3) is 0 Å². The Labute approximate surface area is 151 Å². The molecule has 3 aromatic rings. The number of aromatic amines is 1. The lowest BCUT2D eigenvalue weighted by Gasteiger charge is -2.13. The van der Waals surface area contributed by atoms with Crippen molar-refractivity contribution in [1.29, 1.82) is 0 Å². The lowest BCUT2D eigenvalue weighted by Crippen LogP contribution is -2.05. The van der Waals surface area contributed by atoms with E-state index in [1.807, 2.05) is 36.4 Å². The van der Waals surface area contributed by atoms with Crippen molar-refractivity contribution >= 4 is 11.4 Å². The first-order valence-electron chi connectivity index (χ1n) is 8.48. The lowest BCUT2D eigenvalue weighted by atomic mass is 10.0. The van der Waals surface area contributed by atoms with E-state index in [0.717, 1.165) is 34.8 Å². The molecule has 0 radical (unpaired) electrons. The van der Waals surface area contributed by atoms with E-state index in [2.05, 4.69) is 16.0 Å². The van der Waals surface area contributed by atoms with E-state index in [1.54, 1.807) is 13.3 Å². The molecule has 0 spiro atoms. The van der Waals surface area contributed by atoms with Crippen molar-refractivity contribution in [3.05, 3.63) is 54.4 Å². The van der Waals surface area contributed by atoms with Crippen LogP contribution in [0.5, 0.6) is 5.75 Å². The largest absolute Gasteiger partial charge is 0.493 e. The highest BCUT2D eigenvalue weighted by atomic mass is 16.5. The predicted octanol–water partition coefficient (Wildman–Crippen LogP) is 3.53. The fraction of sp³-hybridized carbons (Fsp3) is 0.200. The normalized spacial score (nSPS) is 14.1. The molecule has 0 saturated carbocycles. The van der Waals surface area contributed by atoms with Crippen molar-refractivity contribution in [3.8, 4) is 28.4 Å². The van der Waals surface area contributed by atoms with Gasteiger partial charge < -0.3 is 20.2 Å². The summed E-state index contributed by atoms with van der Waals surface area (Å²) in [6, 6.07) is 11.9. The summed E-state index contributed by atoms with van der Waals surface area (Å²) in [5, 5.41) is 0. The second kappa shape index (κ2) is 7.01. The molecule has 1 aliphatic rings. The summed E-state index contributed by atoms with van der Waals surface area (Å²) in [4.78, 5) is 12.6. The van der Waals surface area contributed by atoms with Gasteiger partial charge in [-0.3, -0.25) is 0 Å². The highest BCUT2D eigenvalue weighted by Crippen LogP contribution is 2.34. The van der Waals surface area contributed by atoms with Crippen LogP contribution in [0.25, 0.3) is 28.2 Å². The Bertz CT molecular complexity index is 948. The van der Waals surface area contributed by atoms with Gasteiger partial charge in [-0.2, -0.15) is 0 Å². The predicted molar refractivity (Wildman–Crippen MR) is 102 cm³/mol. The monoisotopic (exact) mass is 348 g/mol. The number of hydrogen-bond acceptors (Lipinski definition) is 5. The first kappa shape index (κ1) is 16.4. The van der Waals surface area contributed by atoms with Gasteiger partial charge in [-0.05, 0) is 18.1 Å². The number of hydrogen-bond donors (Lipinski definition) is 2. The zero-order valence-electron chi connectivity index (χ0n) is 14.5. The number of rotatable bonds is 4. The first-order valence-corrected chi connectivity index (χ1v) is 8.48. The average Bonchev–Trinajstić information content (AvgIpc) is 3.15. The minimum absolute atomic E-state index is 0.367. The third-order valence-electron chi connectivity index (χ3n) is 4.41. The zero-order chi connectivity index (χ0) is 17.9. The zero-order valence-corrected chi connectivity index (χ0v) is 14.5. The van der Waals surface area contributed by atoms with E-state index >= 15 is 0 Å². The summed E-state index contributed by atoms with van der Waals surface area (Å²) in [6.07, 6.45) is 4.65. The molecule has 26 heavy (non-hydrogen) atoms. The number of anilines is 1. The van der Waals surface area contributed by atoms with E-state index < -0.39 is 0 Å². The number of H-pyrrole nitrogens is 1. The van der Waals surface area contributed by atoms with Crippen LogP contribution in [0.15, 0.2) is 48.7 Å². The maximum atomic E-state index is 5.87. The smallest absolute Gasteiger partial charge is 0.166 e. The van der Waals surface area contributed by atoms with Crippen molar-refractivity contribution in [2.24, 2.45) is 0 Å². The number of nitrogens with two attached hydrogens (primary N) is 1. The maximum absolute atomic E-state index is 5.87. The van der Waals surface area contributed by atoms with Crippen molar-refractivity contribution in [2.75, 3.05) is 26.1 Å². The Kier molecular flexibility index (Phi) is 4.41. The second-order valence-electron chi connectivity index (χ2n) is 6.04. The maximum Gasteiger partial charge on any atom is 0.166 e. The van der Waals surface area contributed by atoms with Gasteiger partial charge in [0.15, 0.2) is 11.6 Å². The lowest BCUT2D eigenvalue weighted by molar-refractivity contribution is 0.161. The fourth-order valence-electron chi connectivity index (χ4n) is 3.04. The summed E-state index contributed by atoms with van der Waals surface area (Å²) in [5.74, 6) is 1.73. The molecule has 3 N–H and O–H groups in total. The third-order valence-corrected chi connectivity index (χ3v) is 4.41. The number of benzene rings is 1. The Morgan fingerprint density at radius 1 is 1.19 bits per heavy atom. The number of nitrogen functional groups attached to an aromatic ring is 1. The molecule has 0 saturated heterocycles. The van der Waals surface area contributed by atoms with Gasteiger partial charge in [-0.15, -0.1) is 0 Å². The van der Waals surface area contributed by atoms with Crippen molar-refractivity contribution in [1.82, 2.24) is 15.0 Å². The van der Waals surface area contributed by atoms with E-state index in [0.29, 0.717) is 24.8 Å². The van der Waals surface area contributed by atoms with Crippen LogP contribution in [0.1, 0.15) is 12.1 Å². The van der Waals surface area contributed by atoms with Gasteiger partial charge in [0, 0.05) is 17.3 Å².